The fraction of sp³-hybridized carbons (Fsp3) is 0.182. The number of carbonyl (C=O) groups is 3. The Morgan fingerprint density at radius 2 is 1.84 bits per heavy atom. The van der Waals surface area contributed by atoms with Crippen molar-refractivity contribution < 1.29 is 18.8 Å². The molecule has 1 aliphatic heterocycles. The lowest BCUT2D eigenvalue weighted by Gasteiger charge is -2.22. The van der Waals surface area contributed by atoms with Crippen LogP contribution < -0.4 is 10.2 Å². The van der Waals surface area contributed by atoms with Crippen LogP contribution in [0.5, 0.6) is 0 Å². The van der Waals surface area contributed by atoms with Crippen molar-refractivity contribution in [1.82, 2.24) is 15.2 Å². The zero-order chi connectivity index (χ0) is 22.2. The van der Waals surface area contributed by atoms with Crippen LogP contribution in [0.3, 0.4) is 0 Å². The molecule has 2 aromatic carbocycles. The van der Waals surface area contributed by atoms with Crippen LogP contribution in [0.15, 0.2) is 60.0 Å². The molecule has 3 aromatic rings. The van der Waals surface area contributed by atoms with E-state index in [4.69, 9.17) is 0 Å². The van der Waals surface area contributed by atoms with E-state index in [1.165, 1.54) is 47.4 Å². The van der Waals surface area contributed by atoms with Crippen LogP contribution in [-0.4, -0.2) is 27.7 Å². The minimum Gasteiger partial charge on any atom is -0.319 e. The lowest BCUT2D eigenvalue weighted by atomic mass is 9.92. The number of benzene rings is 2. The van der Waals surface area contributed by atoms with Gasteiger partial charge in [0.25, 0.3) is 5.91 Å². The molecule has 1 aromatic heterocycles. The molecule has 7 nitrogen and oxygen atoms in total. The maximum atomic E-state index is 13.3. The zero-order valence-corrected chi connectivity index (χ0v) is 17.6. The van der Waals surface area contributed by atoms with Gasteiger partial charge in [0.15, 0.2) is 5.13 Å². The maximum Gasteiger partial charge on any atom is 0.325 e. The number of nitrogens with one attached hydrogen (secondary N) is 1. The first-order chi connectivity index (χ1) is 14.8. The number of para-hydroxylation sites is 1. The summed E-state index contributed by atoms with van der Waals surface area (Å²) in [6.45, 7) is 2.98. The van der Waals surface area contributed by atoms with Crippen molar-refractivity contribution in [3.8, 4) is 0 Å². The average Bonchev–Trinajstić information content (AvgIpc) is 3.28. The second-order valence-electron chi connectivity index (χ2n) is 7.26. The Kier molecular flexibility index (Phi) is 5.28. The number of thiazole rings is 1. The van der Waals surface area contributed by atoms with Gasteiger partial charge >= 0.3 is 6.03 Å². The van der Waals surface area contributed by atoms with Gasteiger partial charge in [0.05, 0.1) is 17.9 Å². The van der Waals surface area contributed by atoms with Gasteiger partial charge in [-0.2, -0.15) is 0 Å². The predicted octanol–water partition coefficient (Wildman–Crippen LogP) is 3.93. The fourth-order valence-electron chi connectivity index (χ4n) is 3.46. The largest absolute Gasteiger partial charge is 0.325 e. The molecule has 0 spiro atoms. The molecule has 0 bridgehead atoms. The molecule has 1 N–H and O–H groups in total. The van der Waals surface area contributed by atoms with E-state index < -0.39 is 23.3 Å². The second-order valence-corrected chi connectivity index (χ2v) is 8.10. The van der Waals surface area contributed by atoms with Crippen molar-refractivity contribution >= 4 is 40.0 Å². The molecule has 4 rings (SSSR count). The SMILES string of the molecule is CC(=O)N(c1ccccc1)c1nc(CN2C(=O)NC(C)(c3ccc(F)cc3)C2=O)cs1. The van der Waals surface area contributed by atoms with Crippen LogP contribution in [0.25, 0.3) is 0 Å². The molecule has 1 unspecified atom stereocenters. The Morgan fingerprint density at radius 1 is 1.16 bits per heavy atom. The summed E-state index contributed by atoms with van der Waals surface area (Å²) < 4.78 is 13.3. The number of carbonyl (C=O) groups excluding carboxylic acids is 3. The highest BCUT2D eigenvalue weighted by Gasteiger charge is 2.49. The van der Waals surface area contributed by atoms with E-state index in [0.717, 1.165) is 4.90 Å². The average molecular weight is 438 g/mol. The summed E-state index contributed by atoms with van der Waals surface area (Å²) >= 11 is 1.25. The van der Waals surface area contributed by atoms with Crippen molar-refractivity contribution in [3.63, 3.8) is 0 Å². The molecule has 1 saturated heterocycles. The number of rotatable bonds is 5. The molecule has 31 heavy (non-hydrogen) atoms. The molecular weight excluding hydrogens is 419 g/mol. The molecule has 1 fully saturated rings. The summed E-state index contributed by atoms with van der Waals surface area (Å²) in [4.78, 5) is 44.8. The molecule has 0 saturated carbocycles. The van der Waals surface area contributed by atoms with Crippen molar-refractivity contribution in [2.24, 2.45) is 0 Å². The van der Waals surface area contributed by atoms with Crippen LogP contribution in [0, 0.1) is 5.82 Å². The summed E-state index contributed by atoms with van der Waals surface area (Å²) in [6, 6.07) is 14.0. The van der Waals surface area contributed by atoms with E-state index in [0.29, 0.717) is 22.1 Å². The Labute approximate surface area is 182 Å². The number of urea groups is 1. The van der Waals surface area contributed by atoms with Crippen LogP contribution >= 0.6 is 11.3 Å². The van der Waals surface area contributed by atoms with Crippen molar-refractivity contribution in [1.29, 1.82) is 0 Å². The molecule has 158 valence electrons. The quantitative estimate of drug-likeness (QED) is 0.612. The zero-order valence-electron chi connectivity index (χ0n) is 16.8. The molecule has 0 aliphatic carbocycles. The van der Waals surface area contributed by atoms with Gasteiger partial charge < -0.3 is 5.32 Å². The van der Waals surface area contributed by atoms with Gasteiger partial charge in [-0.1, -0.05) is 30.3 Å². The Hall–Kier alpha value is -3.59. The van der Waals surface area contributed by atoms with Crippen LogP contribution in [0.4, 0.5) is 20.0 Å². The van der Waals surface area contributed by atoms with Gasteiger partial charge in [0.2, 0.25) is 5.91 Å². The fourth-order valence-corrected chi connectivity index (χ4v) is 4.34. The molecule has 2 heterocycles. The number of anilines is 2. The van der Waals surface area contributed by atoms with Gasteiger partial charge in [-0.05, 0) is 36.8 Å². The lowest BCUT2D eigenvalue weighted by molar-refractivity contribution is -0.131. The molecule has 1 aliphatic rings. The number of imide groups is 1. The Bertz CT molecular complexity index is 1150. The van der Waals surface area contributed by atoms with Gasteiger partial charge in [0.1, 0.15) is 11.4 Å². The standard InChI is InChI=1S/C22H19FN4O3S/c1-14(28)27(18-6-4-3-5-7-18)21-24-17(13-31-21)12-26-19(29)22(2,25-20(26)30)15-8-10-16(23)11-9-15/h3-11,13H,12H2,1-2H3,(H,25,30). The van der Waals surface area contributed by atoms with Crippen molar-refractivity contribution in [2.45, 2.75) is 25.9 Å². The summed E-state index contributed by atoms with van der Waals surface area (Å²) in [5.74, 6) is -1.08. The molecule has 9 heteroatoms. The first kappa shape index (κ1) is 20.7. The molecule has 0 radical (unpaired) electrons. The van der Waals surface area contributed by atoms with Crippen molar-refractivity contribution in [2.75, 3.05) is 4.90 Å². The number of aromatic nitrogens is 1. The Morgan fingerprint density at radius 3 is 2.48 bits per heavy atom. The highest BCUT2D eigenvalue weighted by molar-refractivity contribution is 7.14. The maximum absolute atomic E-state index is 13.3. The summed E-state index contributed by atoms with van der Waals surface area (Å²) in [6.07, 6.45) is 0. The molecule has 4 amide bonds. The lowest BCUT2D eigenvalue weighted by Crippen LogP contribution is -2.40. The first-order valence-corrected chi connectivity index (χ1v) is 10.4. The minimum atomic E-state index is -1.29. The van der Waals surface area contributed by atoms with E-state index in [2.05, 4.69) is 10.3 Å². The first-order valence-electron chi connectivity index (χ1n) is 9.50. The summed E-state index contributed by atoms with van der Waals surface area (Å²) in [5.41, 5.74) is 0.350. The third-order valence-corrected chi connectivity index (χ3v) is 5.95. The van der Waals surface area contributed by atoms with E-state index in [1.54, 1.807) is 24.4 Å². The Balaban J connectivity index is 1.57. The predicted molar refractivity (Wildman–Crippen MR) is 114 cm³/mol. The summed E-state index contributed by atoms with van der Waals surface area (Å²) in [7, 11) is 0. The highest BCUT2D eigenvalue weighted by atomic mass is 32.1. The number of nitrogens with zero attached hydrogens (tertiary/aromatic N) is 3. The van der Waals surface area contributed by atoms with Gasteiger partial charge in [-0.25, -0.2) is 14.2 Å². The molecular formula is C22H19FN4O3S. The van der Waals surface area contributed by atoms with Crippen LogP contribution in [-0.2, 0) is 21.7 Å². The number of hydrogen-bond donors (Lipinski definition) is 1. The summed E-state index contributed by atoms with van der Waals surface area (Å²) in [5, 5.41) is 4.84. The second kappa shape index (κ2) is 7.92. The van der Waals surface area contributed by atoms with Crippen molar-refractivity contribution in [3.05, 3.63) is 77.1 Å². The van der Waals surface area contributed by atoms with Gasteiger partial charge in [-0.15, -0.1) is 11.3 Å². The monoisotopic (exact) mass is 438 g/mol. The number of hydrogen-bond acceptors (Lipinski definition) is 5. The van der Waals surface area contributed by atoms with Gasteiger partial charge in [0, 0.05) is 12.3 Å². The van der Waals surface area contributed by atoms with E-state index in [1.807, 2.05) is 18.2 Å². The van der Waals surface area contributed by atoms with Gasteiger partial charge in [-0.3, -0.25) is 19.4 Å². The van der Waals surface area contributed by atoms with E-state index in [-0.39, 0.29) is 12.5 Å². The number of amides is 4. The topological polar surface area (TPSA) is 82.6 Å². The highest BCUT2D eigenvalue weighted by Crippen LogP contribution is 2.32. The third-order valence-electron chi connectivity index (χ3n) is 5.08. The normalized spacial score (nSPS) is 18.2. The van der Waals surface area contributed by atoms with E-state index >= 15 is 0 Å². The van der Waals surface area contributed by atoms with Crippen LogP contribution in [0.1, 0.15) is 25.1 Å². The molecule has 1 atom stereocenters. The van der Waals surface area contributed by atoms with E-state index in [9.17, 15) is 18.8 Å². The number of halogens is 1. The smallest absolute Gasteiger partial charge is 0.319 e. The van der Waals surface area contributed by atoms with Crippen LogP contribution in [0.2, 0.25) is 0 Å². The third kappa shape index (κ3) is 3.79. The minimum absolute atomic E-state index is 0.0432.